The molecule has 24 heavy (non-hydrogen) atoms. The monoisotopic (exact) mass is 347 g/mol. The number of nitrogens with two attached hydrogens (primary N) is 4. The van der Waals surface area contributed by atoms with E-state index in [1.54, 1.807) is 0 Å². The van der Waals surface area contributed by atoms with Gasteiger partial charge in [0.25, 0.3) is 5.87 Å². The number of nitrogens with one attached hydrogen (secondary N) is 1. The standard InChI is InChI=1S/C9H20N2O2.C4H12N2.CH2BNO2/c1-8(2,3)13-7(12)11-6-9(4,5)10;1-4(2,6)3-5;2-1(4)5-3/h6,10H2,1-5H3,(H,11,12);3,5-6H2,1-2H3;3H2. The summed E-state index contributed by atoms with van der Waals surface area (Å²) in [5.41, 5.74) is 15.2. The van der Waals surface area contributed by atoms with Crippen molar-refractivity contribution < 1.29 is 19.2 Å². The Morgan fingerprint density at radius 2 is 1.33 bits per heavy atom. The van der Waals surface area contributed by atoms with Crippen molar-refractivity contribution in [2.45, 2.75) is 65.1 Å². The Hall–Kier alpha value is -1.36. The van der Waals surface area contributed by atoms with E-state index in [4.69, 9.17) is 21.9 Å². The lowest BCUT2D eigenvalue weighted by molar-refractivity contribution is 0.0518. The predicted octanol–water partition coefficient (Wildman–Crippen LogP) is 0.0960. The van der Waals surface area contributed by atoms with Crippen LogP contribution >= 0.6 is 0 Å². The second kappa shape index (κ2) is 12.1. The summed E-state index contributed by atoms with van der Waals surface area (Å²) in [6.07, 6.45) is -0.425. The van der Waals surface area contributed by atoms with Crippen molar-refractivity contribution in [3.8, 4) is 0 Å². The largest absolute Gasteiger partial charge is 0.444 e. The number of hydrogen-bond acceptors (Lipinski definition) is 8. The van der Waals surface area contributed by atoms with E-state index in [1.807, 2.05) is 48.5 Å². The number of hydrogen-bond donors (Lipinski definition) is 5. The molecule has 142 valence electrons. The molecule has 0 aliphatic heterocycles. The first-order valence-electron chi connectivity index (χ1n) is 7.34. The molecule has 0 aromatic heterocycles. The van der Waals surface area contributed by atoms with Crippen molar-refractivity contribution in [1.82, 2.24) is 5.32 Å². The van der Waals surface area contributed by atoms with Crippen LogP contribution in [-0.2, 0) is 9.57 Å². The fourth-order valence-electron chi connectivity index (χ4n) is 0.614. The molecular weight excluding hydrogens is 313 g/mol. The van der Waals surface area contributed by atoms with Crippen LogP contribution in [-0.4, -0.2) is 49.6 Å². The molecule has 0 aromatic carbocycles. The Morgan fingerprint density at radius 1 is 1.00 bits per heavy atom. The fraction of sp³-hybridized carbons (Fsp3) is 0.857. The lowest BCUT2D eigenvalue weighted by atomic mass is 10.1. The molecule has 0 saturated heterocycles. The van der Waals surface area contributed by atoms with Crippen LogP contribution in [0.1, 0.15) is 48.5 Å². The third kappa shape index (κ3) is 37.1. The second-order valence-corrected chi connectivity index (χ2v) is 7.47. The molecule has 0 saturated carbocycles. The van der Waals surface area contributed by atoms with Gasteiger partial charge >= 0.3 is 6.09 Å². The van der Waals surface area contributed by atoms with Gasteiger partial charge in [-0.25, -0.2) is 4.79 Å². The lowest BCUT2D eigenvalue weighted by Crippen LogP contribution is -2.46. The van der Waals surface area contributed by atoms with Gasteiger partial charge in [-0.1, -0.05) is 0 Å². The molecule has 0 aromatic rings. The highest BCUT2D eigenvalue weighted by Gasteiger charge is 2.18. The minimum atomic E-state index is -0.968. The van der Waals surface area contributed by atoms with Crippen LogP contribution in [0.2, 0.25) is 0 Å². The van der Waals surface area contributed by atoms with Crippen molar-refractivity contribution in [2.24, 2.45) is 23.1 Å². The molecule has 1 amide bonds. The highest BCUT2D eigenvalue weighted by Crippen LogP contribution is 2.06. The van der Waals surface area contributed by atoms with Gasteiger partial charge in [0.15, 0.2) is 0 Å². The van der Waals surface area contributed by atoms with E-state index in [-0.39, 0.29) is 5.54 Å². The number of amides is 1. The minimum absolute atomic E-state index is 0.181. The number of alkyl carbamates (subject to hydrolysis) is 1. The van der Waals surface area contributed by atoms with Gasteiger partial charge in [-0.2, -0.15) is 5.90 Å². The maximum absolute atomic E-state index is 11.1. The summed E-state index contributed by atoms with van der Waals surface area (Å²) in [6, 6.07) is 0. The first-order chi connectivity index (χ1) is 10.4. The van der Waals surface area contributed by atoms with Crippen LogP contribution in [0.5, 0.6) is 0 Å². The summed E-state index contributed by atoms with van der Waals surface area (Å²) < 4.78 is 5.03. The Bertz CT molecular complexity index is 360. The maximum atomic E-state index is 11.1. The van der Waals surface area contributed by atoms with Crippen molar-refractivity contribution in [1.29, 1.82) is 0 Å². The highest BCUT2D eigenvalue weighted by atomic mass is 16.6. The molecule has 9 N–H and O–H groups in total. The van der Waals surface area contributed by atoms with Crippen molar-refractivity contribution in [2.75, 3.05) is 13.1 Å². The number of carbonyl (C=O) groups excluding carboxylic acids is 2. The minimum Gasteiger partial charge on any atom is -0.444 e. The van der Waals surface area contributed by atoms with Gasteiger partial charge in [0, 0.05) is 24.2 Å². The first-order valence-corrected chi connectivity index (χ1v) is 7.34. The lowest BCUT2D eigenvalue weighted by Gasteiger charge is -2.23. The molecule has 10 heteroatoms. The Morgan fingerprint density at radius 3 is 1.50 bits per heavy atom. The van der Waals surface area contributed by atoms with Crippen molar-refractivity contribution >= 4 is 19.8 Å². The zero-order valence-corrected chi connectivity index (χ0v) is 15.9. The van der Waals surface area contributed by atoms with Gasteiger partial charge in [0.1, 0.15) is 5.60 Å². The second-order valence-electron chi connectivity index (χ2n) is 7.47. The van der Waals surface area contributed by atoms with E-state index >= 15 is 0 Å². The zero-order chi connectivity index (χ0) is 20.2. The molecule has 0 bridgehead atoms. The average Bonchev–Trinajstić information content (AvgIpc) is 2.34. The van der Waals surface area contributed by atoms with E-state index in [9.17, 15) is 9.59 Å². The molecule has 0 fully saturated rings. The van der Waals surface area contributed by atoms with Gasteiger partial charge in [-0.3, -0.25) is 4.79 Å². The SMILES string of the molecule is CC(C)(N)CN.CC(C)(N)CNC(=O)OC(C)(C)C.[B]C(=O)ON. The number of carbonyl (C=O) groups is 2. The predicted molar refractivity (Wildman–Crippen MR) is 96.2 cm³/mol. The molecular formula is C14H34BN5O4. The van der Waals surface area contributed by atoms with Gasteiger partial charge in [-0.15, -0.1) is 0 Å². The van der Waals surface area contributed by atoms with Crippen LogP contribution < -0.4 is 28.4 Å². The maximum Gasteiger partial charge on any atom is 0.407 e. The van der Waals surface area contributed by atoms with Crippen LogP contribution in [0, 0.1) is 0 Å². The first kappa shape index (κ1) is 27.5. The van der Waals surface area contributed by atoms with E-state index in [2.05, 4.69) is 23.9 Å². The molecule has 2 radical (unpaired) electrons. The average molecular weight is 347 g/mol. The molecule has 0 heterocycles. The molecule has 0 aliphatic carbocycles. The van der Waals surface area contributed by atoms with Gasteiger partial charge in [-0.05, 0) is 48.5 Å². The third-order valence-electron chi connectivity index (χ3n) is 1.73. The summed E-state index contributed by atoms with van der Waals surface area (Å²) in [5.74, 6) is 3.23. The molecule has 0 rings (SSSR count). The molecule has 9 nitrogen and oxygen atoms in total. The summed E-state index contributed by atoms with van der Waals surface area (Å²) in [4.78, 5) is 23.7. The van der Waals surface area contributed by atoms with E-state index < -0.39 is 23.1 Å². The van der Waals surface area contributed by atoms with Gasteiger partial charge in [0.2, 0.25) is 7.85 Å². The van der Waals surface area contributed by atoms with Gasteiger partial charge < -0.3 is 32.1 Å². The van der Waals surface area contributed by atoms with Crippen LogP contribution in [0.3, 0.4) is 0 Å². The third-order valence-corrected chi connectivity index (χ3v) is 1.73. The van der Waals surface area contributed by atoms with Crippen LogP contribution in [0.4, 0.5) is 9.59 Å². The van der Waals surface area contributed by atoms with Crippen LogP contribution in [0.15, 0.2) is 0 Å². The highest BCUT2D eigenvalue weighted by molar-refractivity contribution is 6.54. The Labute approximate surface area is 146 Å². The van der Waals surface area contributed by atoms with Gasteiger partial charge in [0.05, 0.1) is 0 Å². The molecule has 0 spiro atoms. The quantitative estimate of drug-likeness (QED) is 0.353. The summed E-state index contributed by atoms with van der Waals surface area (Å²) >= 11 is 0. The number of rotatable bonds is 3. The molecule has 0 atom stereocenters. The van der Waals surface area contributed by atoms with E-state index in [0.29, 0.717) is 13.1 Å². The Kier molecular flexibility index (Phi) is 13.8. The van der Waals surface area contributed by atoms with Crippen molar-refractivity contribution in [3.05, 3.63) is 0 Å². The fourth-order valence-corrected chi connectivity index (χ4v) is 0.614. The summed E-state index contributed by atoms with van der Waals surface area (Å²) in [7, 11) is 4.31. The molecule has 0 unspecified atom stereocenters. The topological polar surface area (TPSA) is 169 Å². The van der Waals surface area contributed by atoms with E-state index in [1.165, 1.54) is 0 Å². The summed E-state index contributed by atoms with van der Waals surface area (Å²) in [5, 5.41) is 2.59. The molecule has 0 aliphatic rings. The Balaban J connectivity index is -0.000000332. The van der Waals surface area contributed by atoms with Crippen LogP contribution in [0.25, 0.3) is 0 Å². The number of ether oxygens (including phenoxy) is 1. The van der Waals surface area contributed by atoms with Crippen molar-refractivity contribution in [3.63, 3.8) is 0 Å². The smallest absolute Gasteiger partial charge is 0.407 e. The van der Waals surface area contributed by atoms with E-state index in [0.717, 1.165) is 0 Å². The summed E-state index contributed by atoms with van der Waals surface area (Å²) in [6.45, 7) is 13.9. The zero-order valence-electron chi connectivity index (χ0n) is 15.9. The normalized spacial score (nSPS) is 11.1.